The van der Waals surface area contributed by atoms with Crippen molar-refractivity contribution in [1.29, 1.82) is 0 Å². The second kappa shape index (κ2) is 8.51. The van der Waals surface area contributed by atoms with Crippen molar-refractivity contribution in [3.05, 3.63) is 35.9 Å². The third-order valence-electron chi connectivity index (χ3n) is 3.52. The summed E-state index contributed by atoms with van der Waals surface area (Å²) in [5.41, 5.74) is 0.896. The SMILES string of the molecule is COc1ccc(CCC(=O)Nc2ccc(NC(C)(C)C)nn2)cc1OC. The molecule has 0 saturated carbocycles. The first kappa shape index (κ1) is 19.5. The van der Waals surface area contributed by atoms with Crippen LogP contribution in [0.5, 0.6) is 11.5 Å². The van der Waals surface area contributed by atoms with Gasteiger partial charge in [-0.1, -0.05) is 6.07 Å². The molecule has 0 unspecified atom stereocenters. The predicted octanol–water partition coefficient (Wildman–Crippen LogP) is 3.28. The Morgan fingerprint density at radius 1 is 1.00 bits per heavy atom. The normalized spacial score (nSPS) is 11.0. The van der Waals surface area contributed by atoms with Gasteiger partial charge < -0.3 is 20.1 Å². The summed E-state index contributed by atoms with van der Waals surface area (Å²) in [6.07, 6.45) is 0.919. The number of hydrogen-bond donors (Lipinski definition) is 2. The van der Waals surface area contributed by atoms with Crippen LogP contribution in [0, 0.1) is 0 Å². The number of carbonyl (C=O) groups is 1. The molecule has 0 aliphatic heterocycles. The van der Waals surface area contributed by atoms with E-state index in [-0.39, 0.29) is 11.4 Å². The molecule has 0 radical (unpaired) electrons. The van der Waals surface area contributed by atoms with E-state index in [1.807, 2.05) is 39.0 Å². The molecule has 0 saturated heterocycles. The number of aryl methyl sites for hydroxylation is 1. The molecule has 2 aromatic rings. The summed E-state index contributed by atoms with van der Waals surface area (Å²) in [7, 11) is 3.18. The third-order valence-corrected chi connectivity index (χ3v) is 3.52. The standard InChI is InChI=1S/C19H26N4O3/c1-19(2,3)21-17-10-9-16(22-23-17)20-18(24)11-7-13-6-8-14(25-4)15(12-13)26-5/h6,8-10,12H,7,11H2,1-5H3,(H,21,23)(H,20,22,24). The molecule has 7 heteroatoms. The molecule has 1 aromatic carbocycles. The van der Waals surface area contributed by atoms with Crippen molar-refractivity contribution in [2.45, 2.75) is 39.2 Å². The van der Waals surface area contributed by atoms with Crippen molar-refractivity contribution in [1.82, 2.24) is 10.2 Å². The van der Waals surface area contributed by atoms with Gasteiger partial charge in [-0.25, -0.2) is 0 Å². The Bertz CT molecular complexity index is 739. The van der Waals surface area contributed by atoms with E-state index in [9.17, 15) is 4.79 Å². The van der Waals surface area contributed by atoms with E-state index in [4.69, 9.17) is 9.47 Å². The highest BCUT2D eigenvalue weighted by Gasteiger charge is 2.11. The molecule has 0 spiro atoms. The molecule has 26 heavy (non-hydrogen) atoms. The second-order valence-corrected chi connectivity index (χ2v) is 6.92. The van der Waals surface area contributed by atoms with Crippen LogP contribution in [-0.2, 0) is 11.2 Å². The first-order valence-corrected chi connectivity index (χ1v) is 8.43. The molecule has 1 amide bonds. The van der Waals surface area contributed by atoms with E-state index in [0.29, 0.717) is 36.0 Å². The van der Waals surface area contributed by atoms with E-state index >= 15 is 0 Å². The molecule has 7 nitrogen and oxygen atoms in total. The van der Waals surface area contributed by atoms with Gasteiger partial charge in [-0.05, 0) is 57.0 Å². The number of rotatable bonds is 7. The molecule has 0 atom stereocenters. The first-order chi connectivity index (χ1) is 12.3. The minimum atomic E-state index is -0.120. The number of nitrogens with zero attached hydrogens (tertiary/aromatic N) is 2. The molecule has 1 aromatic heterocycles. The molecule has 0 bridgehead atoms. The summed E-state index contributed by atoms with van der Waals surface area (Å²) in [4.78, 5) is 12.1. The van der Waals surface area contributed by atoms with E-state index in [1.54, 1.807) is 26.4 Å². The van der Waals surface area contributed by atoms with Gasteiger partial charge in [0.2, 0.25) is 5.91 Å². The number of carbonyl (C=O) groups excluding carboxylic acids is 1. The predicted molar refractivity (Wildman–Crippen MR) is 102 cm³/mol. The molecule has 1 heterocycles. The summed E-state index contributed by atoms with van der Waals surface area (Å²) < 4.78 is 10.5. The van der Waals surface area contributed by atoms with Crippen molar-refractivity contribution in [2.24, 2.45) is 0 Å². The zero-order valence-corrected chi connectivity index (χ0v) is 15.9. The van der Waals surface area contributed by atoms with Crippen molar-refractivity contribution >= 4 is 17.5 Å². The van der Waals surface area contributed by atoms with Crippen LogP contribution in [0.3, 0.4) is 0 Å². The lowest BCUT2D eigenvalue weighted by molar-refractivity contribution is -0.116. The zero-order valence-electron chi connectivity index (χ0n) is 15.9. The highest BCUT2D eigenvalue weighted by Crippen LogP contribution is 2.28. The number of benzene rings is 1. The van der Waals surface area contributed by atoms with E-state index < -0.39 is 0 Å². The number of hydrogen-bond acceptors (Lipinski definition) is 6. The van der Waals surface area contributed by atoms with Crippen LogP contribution in [0.4, 0.5) is 11.6 Å². The quantitative estimate of drug-likeness (QED) is 0.790. The molecule has 0 aliphatic carbocycles. The maximum Gasteiger partial charge on any atom is 0.225 e. The molecule has 0 aliphatic rings. The molecular weight excluding hydrogens is 332 g/mol. The third kappa shape index (κ3) is 5.91. The second-order valence-electron chi connectivity index (χ2n) is 6.92. The maximum atomic E-state index is 12.1. The van der Waals surface area contributed by atoms with Crippen molar-refractivity contribution in [3.63, 3.8) is 0 Å². The van der Waals surface area contributed by atoms with Crippen molar-refractivity contribution < 1.29 is 14.3 Å². The largest absolute Gasteiger partial charge is 0.493 e. The Labute approximate surface area is 154 Å². The summed E-state index contributed by atoms with van der Waals surface area (Å²) in [6, 6.07) is 9.15. The van der Waals surface area contributed by atoms with Gasteiger partial charge in [-0.3, -0.25) is 4.79 Å². The van der Waals surface area contributed by atoms with E-state index in [1.165, 1.54) is 0 Å². The summed E-state index contributed by atoms with van der Waals surface area (Å²) in [5.74, 6) is 2.30. The van der Waals surface area contributed by atoms with Gasteiger partial charge in [0.1, 0.15) is 5.82 Å². The molecule has 0 fully saturated rings. The Kier molecular flexibility index (Phi) is 6.38. The summed E-state index contributed by atoms with van der Waals surface area (Å²) in [6.45, 7) is 6.12. The Balaban J connectivity index is 1.89. The minimum Gasteiger partial charge on any atom is -0.493 e. The van der Waals surface area contributed by atoms with Gasteiger partial charge in [0.15, 0.2) is 17.3 Å². The molecule has 2 rings (SSSR count). The summed E-state index contributed by atoms with van der Waals surface area (Å²) >= 11 is 0. The van der Waals surface area contributed by atoms with Gasteiger partial charge >= 0.3 is 0 Å². The lowest BCUT2D eigenvalue weighted by Crippen LogP contribution is -2.26. The summed E-state index contributed by atoms with van der Waals surface area (Å²) in [5, 5.41) is 14.1. The van der Waals surface area contributed by atoms with Crippen LogP contribution in [-0.4, -0.2) is 35.9 Å². The fraction of sp³-hybridized carbons (Fsp3) is 0.421. The van der Waals surface area contributed by atoms with Crippen molar-refractivity contribution in [3.8, 4) is 11.5 Å². The monoisotopic (exact) mass is 358 g/mol. The highest BCUT2D eigenvalue weighted by atomic mass is 16.5. The molecule has 2 N–H and O–H groups in total. The molecular formula is C19H26N4O3. The number of aromatic nitrogens is 2. The number of anilines is 2. The van der Waals surface area contributed by atoms with E-state index in [2.05, 4.69) is 20.8 Å². The fourth-order valence-corrected chi connectivity index (χ4v) is 2.35. The van der Waals surface area contributed by atoms with Gasteiger partial charge in [0.25, 0.3) is 0 Å². The lowest BCUT2D eigenvalue weighted by Gasteiger charge is -2.20. The topological polar surface area (TPSA) is 85.4 Å². The Morgan fingerprint density at radius 2 is 1.65 bits per heavy atom. The Morgan fingerprint density at radius 3 is 2.23 bits per heavy atom. The maximum absolute atomic E-state index is 12.1. The number of methoxy groups -OCH3 is 2. The number of nitrogens with one attached hydrogen (secondary N) is 2. The lowest BCUT2D eigenvalue weighted by atomic mass is 10.1. The highest BCUT2D eigenvalue weighted by molar-refractivity contribution is 5.89. The minimum absolute atomic E-state index is 0.0983. The fourth-order valence-electron chi connectivity index (χ4n) is 2.35. The number of ether oxygens (including phenoxy) is 2. The average molecular weight is 358 g/mol. The smallest absolute Gasteiger partial charge is 0.225 e. The number of amides is 1. The van der Waals surface area contributed by atoms with Gasteiger partial charge in [0, 0.05) is 12.0 Å². The first-order valence-electron chi connectivity index (χ1n) is 8.43. The van der Waals surface area contributed by atoms with E-state index in [0.717, 1.165) is 5.56 Å². The van der Waals surface area contributed by atoms with Gasteiger partial charge in [-0.15, -0.1) is 10.2 Å². The van der Waals surface area contributed by atoms with Gasteiger partial charge in [0.05, 0.1) is 14.2 Å². The van der Waals surface area contributed by atoms with Crippen LogP contribution in [0.15, 0.2) is 30.3 Å². The Hall–Kier alpha value is -2.83. The van der Waals surface area contributed by atoms with Crippen molar-refractivity contribution in [2.75, 3.05) is 24.9 Å². The molecule has 140 valence electrons. The van der Waals surface area contributed by atoms with Crippen LogP contribution < -0.4 is 20.1 Å². The average Bonchev–Trinajstić information content (AvgIpc) is 2.60. The zero-order chi connectivity index (χ0) is 19.2. The van der Waals surface area contributed by atoms with Crippen LogP contribution >= 0.6 is 0 Å². The van der Waals surface area contributed by atoms with Crippen LogP contribution in [0.1, 0.15) is 32.8 Å². The van der Waals surface area contributed by atoms with Crippen LogP contribution in [0.2, 0.25) is 0 Å². The van der Waals surface area contributed by atoms with Gasteiger partial charge in [-0.2, -0.15) is 0 Å². The van der Waals surface area contributed by atoms with Crippen LogP contribution in [0.25, 0.3) is 0 Å².